The highest BCUT2D eigenvalue weighted by Crippen LogP contribution is 2.26. The number of hydrogen-bond donors (Lipinski definition) is 2. The summed E-state index contributed by atoms with van der Waals surface area (Å²) in [6, 6.07) is 3.73. The Morgan fingerprint density at radius 2 is 2.15 bits per heavy atom. The van der Waals surface area contributed by atoms with Crippen LogP contribution in [0.25, 0.3) is 0 Å². The predicted molar refractivity (Wildman–Crippen MR) is 71.7 cm³/mol. The number of amides is 1. The monoisotopic (exact) mass is 280 g/mol. The van der Waals surface area contributed by atoms with E-state index in [1.165, 1.54) is 19.2 Å². The maximum absolute atomic E-state index is 13.7. The van der Waals surface area contributed by atoms with Gasteiger partial charge in [-0.25, -0.2) is 9.18 Å². The number of carbonyl (C=O) groups is 2. The third-order valence-corrected chi connectivity index (χ3v) is 3.49. The quantitative estimate of drug-likeness (QED) is 0.825. The zero-order valence-corrected chi connectivity index (χ0v) is 11.2. The van der Waals surface area contributed by atoms with Crippen LogP contribution in [0.1, 0.15) is 29.6 Å². The number of rotatable bonds is 3. The van der Waals surface area contributed by atoms with Gasteiger partial charge in [-0.2, -0.15) is 0 Å². The van der Waals surface area contributed by atoms with E-state index in [0.717, 1.165) is 12.5 Å². The molecular formula is C14H17FN2O3. The number of esters is 1. The Labute approximate surface area is 116 Å². The van der Waals surface area contributed by atoms with Crippen molar-refractivity contribution in [3.63, 3.8) is 0 Å². The lowest BCUT2D eigenvalue weighted by atomic mass is 10.1. The molecule has 1 saturated carbocycles. The second-order valence-corrected chi connectivity index (χ2v) is 4.95. The van der Waals surface area contributed by atoms with Crippen LogP contribution >= 0.6 is 0 Å². The van der Waals surface area contributed by atoms with Crippen molar-refractivity contribution >= 4 is 17.6 Å². The highest BCUT2D eigenvalue weighted by molar-refractivity contribution is 5.95. The van der Waals surface area contributed by atoms with Crippen LogP contribution in [0.15, 0.2) is 18.2 Å². The Balaban J connectivity index is 2.12. The molecule has 0 aliphatic heterocycles. The van der Waals surface area contributed by atoms with Crippen LogP contribution in [0.5, 0.6) is 0 Å². The number of halogens is 1. The van der Waals surface area contributed by atoms with Crippen molar-refractivity contribution in [3.05, 3.63) is 29.6 Å². The van der Waals surface area contributed by atoms with Crippen LogP contribution in [-0.2, 0) is 9.53 Å². The van der Waals surface area contributed by atoms with Gasteiger partial charge >= 0.3 is 5.97 Å². The smallest absolute Gasteiger partial charge is 0.337 e. The largest absolute Gasteiger partial charge is 0.465 e. The van der Waals surface area contributed by atoms with E-state index in [0.29, 0.717) is 12.8 Å². The topological polar surface area (TPSA) is 81.4 Å². The van der Waals surface area contributed by atoms with Gasteiger partial charge in [-0.1, -0.05) is 0 Å². The molecule has 5 nitrogen and oxygen atoms in total. The molecule has 1 amide bonds. The fraction of sp³-hybridized carbons (Fsp3) is 0.429. The van der Waals surface area contributed by atoms with Gasteiger partial charge < -0.3 is 15.8 Å². The number of ether oxygens (including phenoxy) is 1. The lowest BCUT2D eigenvalue weighted by Gasteiger charge is -2.12. The minimum Gasteiger partial charge on any atom is -0.465 e. The van der Waals surface area contributed by atoms with Crippen LogP contribution in [0.3, 0.4) is 0 Å². The maximum atomic E-state index is 13.7. The summed E-state index contributed by atoms with van der Waals surface area (Å²) in [4.78, 5) is 23.4. The third kappa shape index (κ3) is 3.14. The highest BCUT2D eigenvalue weighted by atomic mass is 19.1. The van der Waals surface area contributed by atoms with Gasteiger partial charge in [-0.3, -0.25) is 4.79 Å². The second-order valence-electron chi connectivity index (χ2n) is 4.95. The van der Waals surface area contributed by atoms with Gasteiger partial charge in [0.2, 0.25) is 5.91 Å². The molecule has 20 heavy (non-hydrogen) atoms. The number of benzene rings is 1. The summed E-state index contributed by atoms with van der Waals surface area (Å²) in [5.41, 5.74) is 5.92. The van der Waals surface area contributed by atoms with E-state index in [2.05, 4.69) is 10.1 Å². The van der Waals surface area contributed by atoms with Gasteiger partial charge in [0, 0.05) is 12.0 Å². The van der Waals surface area contributed by atoms with Crippen LogP contribution < -0.4 is 11.1 Å². The molecule has 2 unspecified atom stereocenters. The molecule has 1 fully saturated rings. The van der Waals surface area contributed by atoms with Gasteiger partial charge in [0.1, 0.15) is 5.82 Å². The van der Waals surface area contributed by atoms with Crippen molar-refractivity contribution < 1.29 is 18.7 Å². The first kappa shape index (κ1) is 14.5. The molecule has 0 radical (unpaired) electrons. The van der Waals surface area contributed by atoms with Gasteiger partial charge in [0.25, 0.3) is 0 Å². The van der Waals surface area contributed by atoms with Crippen molar-refractivity contribution in [2.24, 2.45) is 11.7 Å². The molecule has 108 valence electrons. The minimum absolute atomic E-state index is 0.0154. The molecule has 0 heterocycles. The molecule has 0 spiro atoms. The first-order chi connectivity index (χ1) is 9.51. The highest BCUT2D eigenvalue weighted by Gasteiger charge is 2.28. The number of methoxy groups -OCH3 is 1. The third-order valence-electron chi connectivity index (χ3n) is 3.49. The number of nitrogens with one attached hydrogen (secondary N) is 1. The fourth-order valence-electron chi connectivity index (χ4n) is 2.36. The van der Waals surface area contributed by atoms with Gasteiger partial charge in [-0.15, -0.1) is 0 Å². The fourth-order valence-corrected chi connectivity index (χ4v) is 2.36. The van der Waals surface area contributed by atoms with Crippen molar-refractivity contribution in [3.8, 4) is 0 Å². The summed E-state index contributed by atoms with van der Waals surface area (Å²) >= 11 is 0. The summed E-state index contributed by atoms with van der Waals surface area (Å²) in [5.74, 6) is -1.64. The summed E-state index contributed by atoms with van der Waals surface area (Å²) in [6.45, 7) is 0. The summed E-state index contributed by atoms with van der Waals surface area (Å²) in [7, 11) is 1.24. The van der Waals surface area contributed by atoms with Crippen LogP contribution in [0, 0.1) is 11.7 Å². The Bertz CT molecular complexity index is 533. The molecule has 0 bridgehead atoms. The molecule has 1 aliphatic carbocycles. The van der Waals surface area contributed by atoms with Crippen LogP contribution in [0.2, 0.25) is 0 Å². The van der Waals surface area contributed by atoms with E-state index in [1.807, 2.05) is 0 Å². The first-order valence-corrected chi connectivity index (χ1v) is 6.45. The van der Waals surface area contributed by atoms with Crippen LogP contribution in [-0.4, -0.2) is 25.0 Å². The maximum Gasteiger partial charge on any atom is 0.337 e. The standard InChI is InChI=1S/C14H17FN2O3/c1-20-14(19)9-3-5-11(15)12(7-9)17-13(18)8-2-4-10(16)6-8/h3,5,7-8,10H,2,4,6,16H2,1H3,(H,17,18). The van der Waals surface area contributed by atoms with Crippen molar-refractivity contribution in [2.45, 2.75) is 25.3 Å². The van der Waals surface area contributed by atoms with E-state index in [4.69, 9.17) is 5.73 Å². The van der Waals surface area contributed by atoms with E-state index in [-0.39, 0.29) is 29.1 Å². The summed E-state index contributed by atoms with van der Waals surface area (Å²) < 4.78 is 18.2. The Morgan fingerprint density at radius 1 is 1.40 bits per heavy atom. The molecule has 3 N–H and O–H groups in total. The SMILES string of the molecule is COC(=O)c1ccc(F)c(NC(=O)C2CCC(N)C2)c1. The zero-order valence-electron chi connectivity index (χ0n) is 11.2. The molecule has 2 atom stereocenters. The van der Waals surface area contributed by atoms with Crippen LogP contribution in [0.4, 0.5) is 10.1 Å². The molecule has 1 aromatic carbocycles. The minimum atomic E-state index is -0.590. The zero-order chi connectivity index (χ0) is 14.7. The van der Waals surface area contributed by atoms with E-state index >= 15 is 0 Å². The van der Waals surface area contributed by atoms with Crippen molar-refractivity contribution in [2.75, 3.05) is 12.4 Å². The normalized spacial score (nSPS) is 21.6. The average Bonchev–Trinajstić information content (AvgIpc) is 2.87. The molecule has 0 aromatic heterocycles. The van der Waals surface area contributed by atoms with Gasteiger partial charge in [0.05, 0.1) is 18.4 Å². The molecule has 6 heteroatoms. The number of nitrogens with two attached hydrogens (primary N) is 1. The number of anilines is 1. The van der Waals surface area contributed by atoms with E-state index in [1.54, 1.807) is 0 Å². The average molecular weight is 280 g/mol. The van der Waals surface area contributed by atoms with Gasteiger partial charge in [-0.05, 0) is 37.5 Å². The molecule has 1 aliphatic rings. The molecular weight excluding hydrogens is 263 g/mol. The number of hydrogen-bond acceptors (Lipinski definition) is 4. The van der Waals surface area contributed by atoms with E-state index in [9.17, 15) is 14.0 Å². The molecule has 2 rings (SSSR count). The van der Waals surface area contributed by atoms with E-state index < -0.39 is 11.8 Å². The van der Waals surface area contributed by atoms with Crippen molar-refractivity contribution in [1.29, 1.82) is 0 Å². The lowest BCUT2D eigenvalue weighted by Crippen LogP contribution is -2.23. The lowest BCUT2D eigenvalue weighted by molar-refractivity contribution is -0.119. The van der Waals surface area contributed by atoms with Crippen molar-refractivity contribution in [1.82, 2.24) is 0 Å². The first-order valence-electron chi connectivity index (χ1n) is 6.45. The molecule has 0 saturated heterocycles. The Kier molecular flexibility index (Phi) is 4.34. The summed E-state index contributed by atoms with van der Waals surface area (Å²) in [6.07, 6.45) is 2.10. The Morgan fingerprint density at radius 3 is 2.75 bits per heavy atom. The number of carbonyl (C=O) groups excluding carboxylic acids is 2. The Hall–Kier alpha value is -1.95. The summed E-state index contributed by atoms with van der Waals surface area (Å²) in [5, 5.41) is 2.51. The van der Waals surface area contributed by atoms with Gasteiger partial charge in [0.15, 0.2) is 0 Å². The second kappa shape index (κ2) is 6.00. The molecule has 1 aromatic rings. The predicted octanol–water partition coefficient (Wildman–Crippen LogP) is 1.68.